The number of ketones is 1. The maximum atomic E-state index is 13.7. The number of aryl methyl sites for hydroxylation is 2. The molecule has 0 fully saturated rings. The Labute approximate surface area is 218 Å². The van der Waals surface area contributed by atoms with Crippen LogP contribution in [0.3, 0.4) is 0 Å². The summed E-state index contributed by atoms with van der Waals surface area (Å²) in [7, 11) is 1.70. The SMILES string of the molecule is Cc1cc2c(cc1N(CC(=O)NCCCC(C)C)CC(=O)N(C)N1Cc3ccc(F)cc3C1)C(=O)CC2. The van der Waals surface area contributed by atoms with Crippen LogP contribution in [0, 0.1) is 18.7 Å². The van der Waals surface area contributed by atoms with E-state index < -0.39 is 0 Å². The van der Waals surface area contributed by atoms with Gasteiger partial charge in [-0.05, 0) is 72.6 Å². The Kier molecular flexibility index (Phi) is 8.27. The van der Waals surface area contributed by atoms with Gasteiger partial charge >= 0.3 is 0 Å². The van der Waals surface area contributed by atoms with Crippen molar-refractivity contribution in [3.63, 3.8) is 0 Å². The van der Waals surface area contributed by atoms with Crippen LogP contribution in [0.2, 0.25) is 0 Å². The number of hydrazine groups is 1. The van der Waals surface area contributed by atoms with Crippen molar-refractivity contribution in [2.24, 2.45) is 5.92 Å². The normalized spacial score (nSPS) is 14.6. The second-order valence-electron chi connectivity index (χ2n) is 10.6. The number of rotatable bonds is 10. The van der Waals surface area contributed by atoms with Crippen molar-refractivity contribution in [2.75, 3.05) is 31.6 Å². The lowest BCUT2D eigenvalue weighted by Crippen LogP contribution is -2.48. The van der Waals surface area contributed by atoms with E-state index in [1.165, 1.54) is 12.1 Å². The summed E-state index contributed by atoms with van der Waals surface area (Å²) in [6, 6.07) is 8.54. The van der Waals surface area contributed by atoms with Gasteiger partial charge in [0.2, 0.25) is 5.91 Å². The molecule has 0 saturated heterocycles. The van der Waals surface area contributed by atoms with E-state index >= 15 is 0 Å². The maximum absolute atomic E-state index is 13.7. The molecule has 0 atom stereocenters. The lowest BCUT2D eigenvalue weighted by molar-refractivity contribution is -0.145. The average Bonchev–Trinajstić information content (AvgIpc) is 3.43. The van der Waals surface area contributed by atoms with Crippen molar-refractivity contribution in [2.45, 2.75) is 59.5 Å². The largest absolute Gasteiger partial charge is 0.355 e. The number of hydrogen-bond donors (Lipinski definition) is 1. The number of Topliss-reactive ketones (excluding diaryl/α,β-unsaturated/α-hetero) is 1. The van der Waals surface area contributed by atoms with Gasteiger partial charge in [0.25, 0.3) is 5.91 Å². The van der Waals surface area contributed by atoms with Crippen LogP contribution in [0.4, 0.5) is 10.1 Å². The monoisotopic (exact) mass is 508 g/mol. The molecule has 1 aliphatic heterocycles. The molecule has 0 spiro atoms. The molecule has 7 nitrogen and oxygen atoms in total. The van der Waals surface area contributed by atoms with Crippen LogP contribution in [-0.2, 0) is 29.1 Å². The van der Waals surface area contributed by atoms with Crippen molar-refractivity contribution in [3.05, 3.63) is 64.0 Å². The molecule has 2 aromatic carbocycles. The Morgan fingerprint density at radius 3 is 2.57 bits per heavy atom. The van der Waals surface area contributed by atoms with Gasteiger partial charge in [0.1, 0.15) is 5.82 Å². The highest BCUT2D eigenvalue weighted by atomic mass is 19.1. The number of amides is 2. The van der Waals surface area contributed by atoms with Gasteiger partial charge in [-0.2, -0.15) is 0 Å². The van der Waals surface area contributed by atoms with Crippen molar-refractivity contribution in [1.29, 1.82) is 0 Å². The number of benzene rings is 2. The zero-order valence-electron chi connectivity index (χ0n) is 22.3. The number of hydrogen-bond acceptors (Lipinski definition) is 5. The summed E-state index contributed by atoms with van der Waals surface area (Å²) in [4.78, 5) is 40.5. The van der Waals surface area contributed by atoms with Crippen molar-refractivity contribution >= 4 is 23.3 Å². The molecule has 0 radical (unpaired) electrons. The summed E-state index contributed by atoms with van der Waals surface area (Å²) in [5.41, 5.74) is 5.22. The van der Waals surface area contributed by atoms with Crippen LogP contribution in [0.25, 0.3) is 0 Å². The zero-order chi connectivity index (χ0) is 26.7. The second kappa shape index (κ2) is 11.4. The summed E-state index contributed by atoms with van der Waals surface area (Å²) < 4.78 is 13.7. The van der Waals surface area contributed by atoms with E-state index in [0.717, 1.165) is 47.2 Å². The smallest absolute Gasteiger partial charge is 0.256 e. The van der Waals surface area contributed by atoms with Crippen LogP contribution >= 0.6 is 0 Å². The summed E-state index contributed by atoms with van der Waals surface area (Å²) in [5.74, 6) is 0.0320. The number of carbonyl (C=O) groups is 3. The molecule has 1 aliphatic carbocycles. The molecule has 0 saturated carbocycles. The first-order valence-electron chi connectivity index (χ1n) is 13.1. The van der Waals surface area contributed by atoms with Crippen LogP contribution < -0.4 is 10.2 Å². The molecule has 0 unspecified atom stereocenters. The lowest BCUT2D eigenvalue weighted by atomic mass is 10.0. The van der Waals surface area contributed by atoms with Crippen molar-refractivity contribution in [1.82, 2.24) is 15.3 Å². The predicted molar refractivity (Wildman–Crippen MR) is 142 cm³/mol. The summed E-state index contributed by atoms with van der Waals surface area (Å²) in [6.45, 7) is 7.79. The predicted octanol–water partition coefficient (Wildman–Crippen LogP) is 4.01. The molecule has 1 N–H and O–H groups in total. The average molecular weight is 509 g/mol. The van der Waals surface area contributed by atoms with Gasteiger partial charge in [0.05, 0.1) is 13.1 Å². The molecule has 8 heteroatoms. The number of fused-ring (bicyclic) bond motifs is 2. The maximum Gasteiger partial charge on any atom is 0.256 e. The highest BCUT2D eigenvalue weighted by molar-refractivity contribution is 6.01. The number of anilines is 1. The Morgan fingerprint density at radius 2 is 1.81 bits per heavy atom. The minimum absolute atomic E-state index is 0.0144. The molecule has 2 aromatic rings. The van der Waals surface area contributed by atoms with E-state index in [-0.39, 0.29) is 36.5 Å². The van der Waals surface area contributed by atoms with E-state index in [1.54, 1.807) is 23.0 Å². The molecule has 37 heavy (non-hydrogen) atoms. The molecule has 198 valence electrons. The molecular formula is C29H37FN4O3. The fraction of sp³-hybridized carbons (Fsp3) is 0.483. The first kappa shape index (κ1) is 26.8. The quantitative estimate of drug-likeness (QED) is 0.491. The van der Waals surface area contributed by atoms with E-state index in [4.69, 9.17) is 0 Å². The van der Waals surface area contributed by atoms with Crippen LogP contribution in [0.15, 0.2) is 30.3 Å². The van der Waals surface area contributed by atoms with Crippen molar-refractivity contribution < 1.29 is 18.8 Å². The number of likely N-dealkylation sites (N-methyl/N-ethyl adjacent to an activating group) is 1. The Bertz CT molecular complexity index is 1200. The summed E-state index contributed by atoms with van der Waals surface area (Å²) in [6.07, 6.45) is 3.14. The van der Waals surface area contributed by atoms with Crippen LogP contribution in [0.5, 0.6) is 0 Å². The molecule has 0 aromatic heterocycles. The molecular weight excluding hydrogens is 471 g/mol. The van der Waals surface area contributed by atoms with Gasteiger partial charge in [-0.25, -0.2) is 9.40 Å². The number of nitrogens with zero attached hydrogens (tertiary/aromatic N) is 3. The minimum atomic E-state index is -0.290. The number of halogens is 1. The van der Waals surface area contributed by atoms with Gasteiger partial charge in [0, 0.05) is 44.4 Å². The standard InChI is InChI=1S/C29H37FN4O3/c1-19(2)6-5-11-31-28(36)17-33(26-14-25-21(12-20(26)3)8-10-27(25)35)18-29(37)32(4)34-15-22-7-9-24(30)13-23(22)16-34/h7,9,12-14,19H,5-6,8,10-11,15-18H2,1-4H3,(H,31,36). The van der Waals surface area contributed by atoms with E-state index in [0.29, 0.717) is 37.5 Å². The molecule has 4 rings (SSSR count). The van der Waals surface area contributed by atoms with E-state index in [1.807, 2.05) is 24.1 Å². The fourth-order valence-electron chi connectivity index (χ4n) is 5.12. The number of nitrogens with one attached hydrogen (secondary N) is 1. The third-order valence-electron chi connectivity index (χ3n) is 7.28. The lowest BCUT2D eigenvalue weighted by Gasteiger charge is -2.32. The Balaban J connectivity index is 1.49. The summed E-state index contributed by atoms with van der Waals surface area (Å²) >= 11 is 0. The van der Waals surface area contributed by atoms with E-state index in [9.17, 15) is 18.8 Å². The molecule has 2 aliphatic rings. The first-order valence-corrected chi connectivity index (χ1v) is 13.1. The molecule has 2 amide bonds. The van der Waals surface area contributed by atoms with Crippen LogP contribution in [0.1, 0.15) is 65.7 Å². The highest BCUT2D eigenvalue weighted by Gasteiger charge is 2.29. The van der Waals surface area contributed by atoms with E-state index in [2.05, 4.69) is 19.2 Å². The molecule has 1 heterocycles. The Morgan fingerprint density at radius 1 is 1.05 bits per heavy atom. The third kappa shape index (κ3) is 6.36. The van der Waals surface area contributed by atoms with Gasteiger partial charge in [-0.15, -0.1) is 0 Å². The van der Waals surface area contributed by atoms with Crippen molar-refractivity contribution in [3.8, 4) is 0 Å². The Hall–Kier alpha value is -3.26. The fourth-order valence-corrected chi connectivity index (χ4v) is 5.12. The highest BCUT2D eigenvalue weighted by Crippen LogP contribution is 2.31. The third-order valence-corrected chi connectivity index (χ3v) is 7.28. The molecule has 0 bridgehead atoms. The zero-order valence-corrected chi connectivity index (χ0v) is 22.3. The minimum Gasteiger partial charge on any atom is -0.355 e. The topological polar surface area (TPSA) is 73.0 Å². The van der Waals surface area contributed by atoms with Gasteiger partial charge in [0.15, 0.2) is 5.78 Å². The number of carbonyl (C=O) groups excluding carboxylic acids is 3. The van der Waals surface area contributed by atoms with Gasteiger partial charge in [-0.3, -0.25) is 19.4 Å². The second-order valence-corrected chi connectivity index (χ2v) is 10.6. The van der Waals surface area contributed by atoms with Gasteiger partial charge in [-0.1, -0.05) is 26.0 Å². The summed E-state index contributed by atoms with van der Waals surface area (Å²) in [5, 5.41) is 6.40. The van der Waals surface area contributed by atoms with Crippen LogP contribution in [-0.4, -0.2) is 54.3 Å². The first-order chi connectivity index (χ1) is 17.6. The van der Waals surface area contributed by atoms with Gasteiger partial charge < -0.3 is 10.2 Å².